The Kier molecular flexibility index (Phi) is 5.69. The third kappa shape index (κ3) is 4.31. The lowest BCUT2D eigenvalue weighted by molar-refractivity contribution is -0.118. The van der Waals surface area contributed by atoms with E-state index < -0.39 is 0 Å². The van der Waals surface area contributed by atoms with Crippen LogP contribution in [0.25, 0.3) is 0 Å². The van der Waals surface area contributed by atoms with Gasteiger partial charge in [-0.05, 0) is 41.8 Å². The van der Waals surface area contributed by atoms with Crippen LogP contribution in [0.15, 0.2) is 78.9 Å². The van der Waals surface area contributed by atoms with Crippen LogP contribution in [0.3, 0.4) is 0 Å². The molecule has 0 fully saturated rings. The molecule has 3 nitrogen and oxygen atoms in total. The SMILES string of the molecule is COc1cc(CC(=O)N(Cc2ccccc2)c2ccccc2)ccc1C. The molecule has 0 heterocycles. The second kappa shape index (κ2) is 8.34. The molecule has 0 saturated heterocycles. The molecule has 26 heavy (non-hydrogen) atoms. The maximum absolute atomic E-state index is 13.1. The van der Waals surface area contributed by atoms with E-state index in [2.05, 4.69) is 0 Å². The van der Waals surface area contributed by atoms with Crippen LogP contribution < -0.4 is 9.64 Å². The number of ether oxygens (including phenoxy) is 1. The highest BCUT2D eigenvalue weighted by Gasteiger charge is 2.17. The predicted octanol–water partition coefficient (Wildman–Crippen LogP) is 4.78. The molecule has 0 aliphatic heterocycles. The zero-order chi connectivity index (χ0) is 18.4. The smallest absolute Gasteiger partial charge is 0.231 e. The van der Waals surface area contributed by atoms with Gasteiger partial charge in [-0.1, -0.05) is 60.7 Å². The zero-order valence-corrected chi connectivity index (χ0v) is 15.2. The van der Waals surface area contributed by atoms with Crippen LogP contribution in [0.4, 0.5) is 5.69 Å². The monoisotopic (exact) mass is 345 g/mol. The third-order valence-corrected chi connectivity index (χ3v) is 4.38. The molecule has 3 aromatic carbocycles. The highest BCUT2D eigenvalue weighted by molar-refractivity contribution is 5.94. The molecule has 3 aromatic rings. The molecule has 0 saturated carbocycles. The van der Waals surface area contributed by atoms with E-state index in [1.807, 2.05) is 90.7 Å². The van der Waals surface area contributed by atoms with E-state index in [-0.39, 0.29) is 5.91 Å². The van der Waals surface area contributed by atoms with Crippen molar-refractivity contribution in [3.63, 3.8) is 0 Å². The average molecular weight is 345 g/mol. The fraction of sp³-hybridized carbons (Fsp3) is 0.174. The topological polar surface area (TPSA) is 29.5 Å². The summed E-state index contributed by atoms with van der Waals surface area (Å²) in [5, 5.41) is 0. The molecule has 0 unspecified atom stereocenters. The van der Waals surface area contributed by atoms with E-state index in [0.29, 0.717) is 13.0 Å². The van der Waals surface area contributed by atoms with Gasteiger partial charge in [-0.15, -0.1) is 0 Å². The van der Waals surface area contributed by atoms with Gasteiger partial charge in [-0.3, -0.25) is 4.79 Å². The van der Waals surface area contributed by atoms with Crippen molar-refractivity contribution in [1.29, 1.82) is 0 Å². The molecule has 132 valence electrons. The standard InChI is InChI=1S/C23H23NO2/c1-18-13-14-20(15-22(18)26-2)16-23(25)24(21-11-7-4-8-12-21)17-19-9-5-3-6-10-19/h3-15H,16-17H2,1-2H3. The number of methoxy groups -OCH3 is 1. The molecule has 0 aliphatic carbocycles. The van der Waals surface area contributed by atoms with E-state index in [1.165, 1.54) is 0 Å². The quantitative estimate of drug-likeness (QED) is 0.643. The highest BCUT2D eigenvalue weighted by atomic mass is 16.5. The number of anilines is 1. The van der Waals surface area contributed by atoms with Crippen LogP contribution in [0.2, 0.25) is 0 Å². The van der Waals surface area contributed by atoms with Gasteiger partial charge in [0.05, 0.1) is 20.1 Å². The Morgan fingerprint density at radius 1 is 0.885 bits per heavy atom. The Balaban J connectivity index is 1.85. The summed E-state index contributed by atoms with van der Waals surface area (Å²) >= 11 is 0. The molecule has 0 atom stereocenters. The van der Waals surface area contributed by atoms with E-state index in [0.717, 1.165) is 28.1 Å². The van der Waals surface area contributed by atoms with Crippen LogP contribution in [0.1, 0.15) is 16.7 Å². The van der Waals surface area contributed by atoms with Gasteiger partial charge in [0.2, 0.25) is 5.91 Å². The molecule has 0 spiro atoms. The predicted molar refractivity (Wildman–Crippen MR) is 106 cm³/mol. The van der Waals surface area contributed by atoms with Crippen molar-refractivity contribution in [2.24, 2.45) is 0 Å². The first-order valence-electron chi connectivity index (χ1n) is 8.70. The number of hydrogen-bond donors (Lipinski definition) is 0. The number of nitrogens with zero attached hydrogens (tertiary/aromatic N) is 1. The van der Waals surface area contributed by atoms with Gasteiger partial charge in [-0.2, -0.15) is 0 Å². The first-order valence-corrected chi connectivity index (χ1v) is 8.70. The number of carbonyl (C=O) groups is 1. The van der Waals surface area contributed by atoms with Gasteiger partial charge >= 0.3 is 0 Å². The first-order chi connectivity index (χ1) is 12.7. The minimum absolute atomic E-state index is 0.0611. The van der Waals surface area contributed by atoms with Crippen LogP contribution in [-0.4, -0.2) is 13.0 Å². The molecular weight excluding hydrogens is 322 g/mol. The maximum atomic E-state index is 13.1. The van der Waals surface area contributed by atoms with Gasteiger partial charge in [0.15, 0.2) is 0 Å². The Morgan fingerprint density at radius 3 is 2.19 bits per heavy atom. The Hall–Kier alpha value is -3.07. The summed E-state index contributed by atoms with van der Waals surface area (Å²) in [6, 6.07) is 25.8. The summed E-state index contributed by atoms with van der Waals surface area (Å²) in [7, 11) is 1.65. The van der Waals surface area contributed by atoms with Crippen LogP contribution in [0.5, 0.6) is 5.75 Å². The molecule has 3 rings (SSSR count). The molecule has 0 aliphatic rings. The fourth-order valence-electron chi connectivity index (χ4n) is 2.94. The van der Waals surface area contributed by atoms with Crippen LogP contribution in [-0.2, 0) is 17.8 Å². The maximum Gasteiger partial charge on any atom is 0.231 e. The van der Waals surface area contributed by atoms with Gasteiger partial charge in [0.1, 0.15) is 5.75 Å². The minimum atomic E-state index is 0.0611. The van der Waals surface area contributed by atoms with E-state index >= 15 is 0 Å². The second-order valence-electron chi connectivity index (χ2n) is 6.28. The summed E-state index contributed by atoms with van der Waals surface area (Å²) in [5.74, 6) is 0.871. The van der Waals surface area contributed by atoms with Gasteiger partial charge in [0.25, 0.3) is 0 Å². The van der Waals surface area contributed by atoms with Gasteiger partial charge < -0.3 is 9.64 Å². The molecule has 0 radical (unpaired) electrons. The summed E-state index contributed by atoms with van der Waals surface area (Å²) in [6.07, 6.45) is 0.332. The molecule has 0 aromatic heterocycles. The minimum Gasteiger partial charge on any atom is -0.496 e. The Labute approximate surface area is 154 Å². The number of aryl methyl sites for hydroxylation is 1. The highest BCUT2D eigenvalue weighted by Crippen LogP contribution is 2.22. The van der Waals surface area contributed by atoms with Crippen LogP contribution in [0, 0.1) is 6.92 Å². The molecule has 1 amide bonds. The molecular formula is C23H23NO2. The molecule has 0 bridgehead atoms. The fourth-order valence-corrected chi connectivity index (χ4v) is 2.94. The first kappa shape index (κ1) is 17.7. The van der Waals surface area contributed by atoms with Crippen LogP contribution >= 0.6 is 0 Å². The Morgan fingerprint density at radius 2 is 1.54 bits per heavy atom. The number of carbonyl (C=O) groups excluding carboxylic acids is 1. The summed E-state index contributed by atoms with van der Waals surface area (Å²) in [4.78, 5) is 14.9. The van der Waals surface area contributed by atoms with Gasteiger partial charge in [-0.25, -0.2) is 0 Å². The summed E-state index contributed by atoms with van der Waals surface area (Å²) < 4.78 is 5.38. The van der Waals surface area contributed by atoms with E-state index in [4.69, 9.17) is 4.74 Å². The van der Waals surface area contributed by atoms with Crippen molar-refractivity contribution >= 4 is 11.6 Å². The van der Waals surface area contributed by atoms with E-state index in [9.17, 15) is 4.79 Å². The third-order valence-electron chi connectivity index (χ3n) is 4.38. The summed E-state index contributed by atoms with van der Waals surface area (Å²) in [6.45, 7) is 2.54. The number of hydrogen-bond acceptors (Lipinski definition) is 2. The lowest BCUT2D eigenvalue weighted by atomic mass is 10.1. The van der Waals surface area contributed by atoms with Crippen molar-refractivity contribution in [2.75, 3.05) is 12.0 Å². The lowest BCUT2D eigenvalue weighted by Crippen LogP contribution is -2.31. The van der Waals surface area contributed by atoms with Crippen molar-refractivity contribution in [3.05, 3.63) is 95.6 Å². The number of amides is 1. The lowest BCUT2D eigenvalue weighted by Gasteiger charge is -2.23. The number of benzene rings is 3. The normalized spacial score (nSPS) is 10.4. The molecule has 3 heteroatoms. The average Bonchev–Trinajstić information content (AvgIpc) is 2.69. The number of para-hydroxylation sites is 1. The van der Waals surface area contributed by atoms with Crippen molar-refractivity contribution < 1.29 is 9.53 Å². The largest absolute Gasteiger partial charge is 0.496 e. The van der Waals surface area contributed by atoms with Crippen molar-refractivity contribution in [1.82, 2.24) is 0 Å². The summed E-state index contributed by atoms with van der Waals surface area (Å²) in [5.41, 5.74) is 4.02. The second-order valence-corrected chi connectivity index (χ2v) is 6.28. The van der Waals surface area contributed by atoms with Gasteiger partial charge in [0, 0.05) is 5.69 Å². The van der Waals surface area contributed by atoms with Crippen molar-refractivity contribution in [2.45, 2.75) is 19.9 Å². The zero-order valence-electron chi connectivity index (χ0n) is 15.2. The van der Waals surface area contributed by atoms with E-state index in [1.54, 1.807) is 7.11 Å². The number of rotatable bonds is 6. The molecule has 0 N–H and O–H groups in total. The van der Waals surface area contributed by atoms with Crippen molar-refractivity contribution in [3.8, 4) is 5.75 Å². The Bertz CT molecular complexity index is 860.